The second-order valence-corrected chi connectivity index (χ2v) is 15.4. The fraction of sp³-hybridized carbons (Fsp3) is 0.367. The molecule has 3 aromatic rings. The van der Waals surface area contributed by atoms with E-state index in [1.165, 1.54) is 0 Å². The third kappa shape index (κ3) is 4.91. The lowest BCUT2D eigenvalue weighted by Gasteiger charge is -2.49. The van der Waals surface area contributed by atoms with Gasteiger partial charge in [-0.25, -0.2) is 4.79 Å². The van der Waals surface area contributed by atoms with Crippen molar-refractivity contribution in [3.05, 3.63) is 96.1 Å². The van der Waals surface area contributed by atoms with Crippen LogP contribution in [-0.2, 0) is 14.2 Å². The van der Waals surface area contributed by atoms with Crippen LogP contribution in [0.4, 0.5) is 0 Å². The van der Waals surface area contributed by atoms with Gasteiger partial charge in [0.15, 0.2) is 14.4 Å². The summed E-state index contributed by atoms with van der Waals surface area (Å²) in [5.74, 6) is -0.431. The number of rotatable bonds is 7. The Labute approximate surface area is 215 Å². The van der Waals surface area contributed by atoms with Crippen LogP contribution in [0.1, 0.15) is 43.1 Å². The Hall–Kier alpha value is -2.77. The van der Waals surface area contributed by atoms with Gasteiger partial charge in [-0.1, -0.05) is 110 Å². The Balaban J connectivity index is 1.78. The SMILES string of the molecule is CO[C@@H]1C[C@H](OC(=O)c2ccc(C)cc2)[C@@H](C(O)[Si](c2ccccc2)(c2ccccc2)C(C)(C)C)O1. The summed E-state index contributed by atoms with van der Waals surface area (Å²) in [7, 11) is -1.39. The Kier molecular flexibility index (Phi) is 7.81. The summed E-state index contributed by atoms with van der Waals surface area (Å²) in [4.78, 5) is 13.1. The third-order valence-electron chi connectivity index (χ3n) is 7.30. The van der Waals surface area contributed by atoms with Gasteiger partial charge >= 0.3 is 5.97 Å². The van der Waals surface area contributed by atoms with E-state index in [0.29, 0.717) is 12.0 Å². The number of hydrogen-bond acceptors (Lipinski definition) is 5. The van der Waals surface area contributed by atoms with Crippen LogP contribution < -0.4 is 10.4 Å². The molecule has 1 aliphatic heterocycles. The topological polar surface area (TPSA) is 65.0 Å². The zero-order valence-electron chi connectivity index (χ0n) is 21.7. The van der Waals surface area contributed by atoms with Gasteiger partial charge in [-0.3, -0.25) is 0 Å². The first-order chi connectivity index (χ1) is 17.2. The maximum absolute atomic E-state index is 13.1. The summed E-state index contributed by atoms with van der Waals surface area (Å²) < 4.78 is 17.8. The quantitative estimate of drug-likeness (QED) is 0.385. The molecule has 0 aliphatic carbocycles. The molecular formula is C30H36O5Si. The molecule has 0 bridgehead atoms. The predicted molar refractivity (Wildman–Crippen MR) is 144 cm³/mol. The highest BCUT2D eigenvalue weighted by Gasteiger charge is 2.59. The standard InChI is InChI=1S/C30H36O5Si/c1-21-16-18-22(19-17-21)28(31)34-25-20-26(33-5)35-27(25)29(32)36(30(2,3)4,23-12-8-6-9-13-23)24-14-10-7-11-15-24/h6-19,25-27,29,32H,20H2,1-5H3/t25-,26-,27-,29?/m0/s1. The average molecular weight is 505 g/mol. The highest BCUT2D eigenvalue weighted by Crippen LogP contribution is 2.42. The molecular weight excluding hydrogens is 468 g/mol. The van der Waals surface area contributed by atoms with Crippen molar-refractivity contribution in [3.8, 4) is 0 Å². The van der Waals surface area contributed by atoms with Crippen molar-refractivity contribution in [1.82, 2.24) is 0 Å². The smallest absolute Gasteiger partial charge is 0.338 e. The van der Waals surface area contributed by atoms with Crippen molar-refractivity contribution in [2.24, 2.45) is 0 Å². The van der Waals surface area contributed by atoms with Crippen LogP contribution in [0.25, 0.3) is 0 Å². The number of methoxy groups -OCH3 is 1. The normalized spacial score (nSPS) is 21.2. The van der Waals surface area contributed by atoms with Gasteiger partial charge in [0.25, 0.3) is 0 Å². The molecule has 0 radical (unpaired) electrons. The third-order valence-corrected chi connectivity index (χ3v) is 13.4. The van der Waals surface area contributed by atoms with Crippen molar-refractivity contribution in [2.45, 2.75) is 63.4 Å². The van der Waals surface area contributed by atoms with Gasteiger partial charge < -0.3 is 19.3 Å². The Morgan fingerprint density at radius 2 is 1.47 bits per heavy atom. The average Bonchev–Trinajstić information content (AvgIpc) is 3.28. The van der Waals surface area contributed by atoms with Crippen LogP contribution in [0.3, 0.4) is 0 Å². The van der Waals surface area contributed by atoms with Crippen LogP contribution in [0.5, 0.6) is 0 Å². The number of carbonyl (C=O) groups is 1. The summed E-state index contributed by atoms with van der Waals surface area (Å²) in [5.41, 5.74) is 0.633. The molecule has 1 heterocycles. The van der Waals surface area contributed by atoms with Crippen molar-refractivity contribution >= 4 is 24.4 Å². The lowest BCUT2D eigenvalue weighted by Crippen LogP contribution is -2.75. The maximum Gasteiger partial charge on any atom is 0.338 e. The lowest BCUT2D eigenvalue weighted by molar-refractivity contribution is -0.135. The molecule has 3 aromatic carbocycles. The van der Waals surface area contributed by atoms with E-state index in [9.17, 15) is 9.90 Å². The molecule has 36 heavy (non-hydrogen) atoms. The first-order valence-electron chi connectivity index (χ1n) is 12.4. The van der Waals surface area contributed by atoms with Crippen molar-refractivity contribution in [1.29, 1.82) is 0 Å². The molecule has 0 amide bonds. The van der Waals surface area contributed by atoms with E-state index < -0.39 is 38.3 Å². The first kappa shape index (κ1) is 26.3. The molecule has 1 aliphatic rings. The van der Waals surface area contributed by atoms with Crippen LogP contribution in [0, 0.1) is 6.92 Å². The van der Waals surface area contributed by atoms with E-state index in [1.54, 1.807) is 19.2 Å². The van der Waals surface area contributed by atoms with Gasteiger partial charge in [-0.15, -0.1) is 0 Å². The second kappa shape index (κ2) is 10.7. The summed E-state index contributed by atoms with van der Waals surface area (Å²) in [6.07, 6.45) is -1.61. The minimum atomic E-state index is -2.96. The summed E-state index contributed by atoms with van der Waals surface area (Å²) in [6, 6.07) is 27.7. The van der Waals surface area contributed by atoms with Gasteiger partial charge in [0.05, 0.1) is 11.3 Å². The zero-order chi connectivity index (χ0) is 25.9. The minimum Gasteiger partial charge on any atom is -0.456 e. The number of carbonyl (C=O) groups excluding carboxylic acids is 1. The molecule has 1 saturated heterocycles. The van der Waals surface area contributed by atoms with Gasteiger partial charge in [-0.05, 0) is 24.1 Å². The van der Waals surface area contributed by atoms with Gasteiger partial charge in [0.1, 0.15) is 12.2 Å². The molecule has 4 rings (SSSR count). The molecule has 1 N–H and O–H groups in total. The van der Waals surface area contributed by atoms with Gasteiger partial charge in [0.2, 0.25) is 0 Å². The number of esters is 1. The Morgan fingerprint density at radius 3 is 1.94 bits per heavy atom. The lowest BCUT2D eigenvalue weighted by atomic mass is 10.1. The number of hydrogen-bond donors (Lipinski definition) is 1. The Morgan fingerprint density at radius 1 is 0.944 bits per heavy atom. The summed E-state index contributed by atoms with van der Waals surface area (Å²) >= 11 is 0. The predicted octanol–water partition coefficient (Wildman–Crippen LogP) is 4.25. The number of ether oxygens (including phenoxy) is 3. The molecule has 1 unspecified atom stereocenters. The highest BCUT2D eigenvalue weighted by molar-refractivity contribution is 7.05. The van der Waals surface area contributed by atoms with E-state index in [-0.39, 0.29) is 5.04 Å². The molecule has 0 aromatic heterocycles. The fourth-order valence-electron chi connectivity index (χ4n) is 5.55. The summed E-state index contributed by atoms with van der Waals surface area (Å²) in [6.45, 7) is 8.51. The molecule has 0 spiro atoms. The largest absolute Gasteiger partial charge is 0.456 e. The molecule has 6 heteroatoms. The van der Waals surface area contributed by atoms with Crippen LogP contribution in [0.2, 0.25) is 5.04 Å². The molecule has 0 saturated carbocycles. The number of benzene rings is 3. The zero-order valence-corrected chi connectivity index (χ0v) is 22.7. The van der Waals surface area contributed by atoms with Crippen LogP contribution in [0.15, 0.2) is 84.9 Å². The number of aliphatic hydroxyl groups excluding tert-OH is 1. The highest BCUT2D eigenvalue weighted by atomic mass is 28.3. The minimum absolute atomic E-state index is 0.296. The van der Waals surface area contributed by atoms with E-state index >= 15 is 0 Å². The van der Waals surface area contributed by atoms with E-state index in [2.05, 4.69) is 45.0 Å². The van der Waals surface area contributed by atoms with E-state index in [0.717, 1.165) is 15.9 Å². The molecule has 5 nitrogen and oxygen atoms in total. The van der Waals surface area contributed by atoms with Crippen molar-refractivity contribution < 1.29 is 24.1 Å². The van der Waals surface area contributed by atoms with Crippen LogP contribution >= 0.6 is 0 Å². The monoisotopic (exact) mass is 504 g/mol. The number of aryl methyl sites for hydroxylation is 1. The van der Waals surface area contributed by atoms with Crippen molar-refractivity contribution in [3.63, 3.8) is 0 Å². The molecule has 190 valence electrons. The van der Waals surface area contributed by atoms with Crippen molar-refractivity contribution in [2.75, 3.05) is 7.11 Å². The number of aliphatic hydroxyl groups is 1. The van der Waals surface area contributed by atoms with Crippen LogP contribution in [-0.4, -0.2) is 50.5 Å². The maximum atomic E-state index is 13.1. The van der Waals surface area contributed by atoms with Gasteiger partial charge in [-0.2, -0.15) is 0 Å². The fourth-order valence-corrected chi connectivity index (χ4v) is 11.4. The van der Waals surface area contributed by atoms with E-state index in [1.807, 2.05) is 55.5 Å². The second-order valence-electron chi connectivity index (χ2n) is 10.5. The molecule has 4 atom stereocenters. The summed E-state index contributed by atoms with van der Waals surface area (Å²) in [5, 5.41) is 14.3. The molecule has 1 fully saturated rings. The van der Waals surface area contributed by atoms with Gasteiger partial charge in [0, 0.05) is 13.5 Å². The Bertz CT molecular complexity index is 1100. The van der Waals surface area contributed by atoms with E-state index in [4.69, 9.17) is 14.2 Å². The first-order valence-corrected chi connectivity index (χ1v) is 14.5.